The molecule has 2 aliphatic heterocycles. The van der Waals surface area contributed by atoms with Gasteiger partial charge in [0, 0.05) is 36.8 Å². The van der Waals surface area contributed by atoms with E-state index in [-0.39, 0.29) is 22.8 Å². The van der Waals surface area contributed by atoms with Crippen LogP contribution < -0.4 is 10.2 Å². The lowest BCUT2D eigenvalue weighted by molar-refractivity contribution is -0.124. The molecule has 0 aliphatic carbocycles. The van der Waals surface area contributed by atoms with Crippen LogP contribution in [0.1, 0.15) is 37.8 Å². The summed E-state index contributed by atoms with van der Waals surface area (Å²) < 4.78 is 28.1. The van der Waals surface area contributed by atoms with Gasteiger partial charge in [-0.25, -0.2) is 8.42 Å². The second-order valence-electron chi connectivity index (χ2n) is 8.35. The fraction of sp³-hybridized carbons (Fsp3) is 0.391. The Morgan fingerprint density at radius 1 is 1.16 bits per heavy atom. The number of sulfonamides is 1. The van der Waals surface area contributed by atoms with Gasteiger partial charge in [-0.3, -0.25) is 9.59 Å². The first kappa shape index (κ1) is 22.8. The first-order valence-corrected chi connectivity index (χ1v) is 12.5. The predicted molar refractivity (Wildman–Crippen MR) is 123 cm³/mol. The number of anilines is 1. The van der Waals surface area contributed by atoms with Crippen LogP contribution in [0.15, 0.2) is 47.4 Å². The van der Waals surface area contributed by atoms with Gasteiger partial charge in [-0.2, -0.15) is 4.31 Å². The molecule has 2 amide bonds. The zero-order valence-electron chi connectivity index (χ0n) is 18.0. The quantitative estimate of drug-likeness (QED) is 0.719. The molecule has 9 heteroatoms. The predicted octanol–water partition coefficient (Wildman–Crippen LogP) is 3.11. The molecule has 0 saturated carbocycles. The zero-order valence-corrected chi connectivity index (χ0v) is 19.6. The van der Waals surface area contributed by atoms with Crippen molar-refractivity contribution < 1.29 is 18.0 Å². The van der Waals surface area contributed by atoms with E-state index in [1.54, 1.807) is 29.2 Å². The van der Waals surface area contributed by atoms with Crippen molar-refractivity contribution in [3.63, 3.8) is 0 Å². The Kier molecular flexibility index (Phi) is 6.29. The van der Waals surface area contributed by atoms with Gasteiger partial charge >= 0.3 is 0 Å². The minimum absolute atomic E-state index is 0.0152. The minimum atomic E-state index is -3.85. The van der Waals surface area contributed by atoms with E-state index >= 15 is 0 Å². The van der Waals surface area contributed by atoms with Crippen LogP contribution in [0, 0.1) is 0 Å². The lowest BCUT2D eigenvalue weighted by Gasteiger charge is -2.24. The van der Waals surface area contributed by atoms with Crippen LogP contribution in [-0.4, -0.2) is 43.2 Å². The maximum atomic E-state index is 13.4. The second kappa shape index (κ2) is 8.84. The van der Waals surface area contributed by atoms with Crippen LogP contribution in [-0.2, 0) is 32.6 Å². The molecule has 32 heavy (non-hydrogen) atoms. The van der Waals surface area contributed by atoms with Crippen molar-refractivity contribution in [3.05, 3.63) is 58.6 Å². The Morgan fingerprint density at radius 2 is 1.88 bits per heavy atom. The van der Waals surface area contributed by atoms with Crippen LogP contribution in [0.5, 0.6) is 0 Å². The van der Waals surface area contributed by atoms with Crippen LogP contribution in [0.3, 0.4) is 0 Å². The number of nitrogens with zero attached hydrogens (tertiary/aromatic N) is 2. The van der Waals surface area contributed by atoms with E-state index in [1.165, 1.54) is 17.3 Å². The van der Waals surface area contributed by atoms with E-state index in [4.69, 9.17) is 11.6 Å². The van der Waals surface area contributed by atoms with Crippen LogP contribution in [0.2, 0.25) is 5.02 Å². The maximum Gasteiger partial charge on any atom is 0.243 e. The summed E-state index contributed by atoms with van der Waals surface area (Å²) in [6.07, 6.45) is 1.70. The molecule has 4 rings (SSSR count). The summed E-state index contributed by atoms with van der Waals surface area (Å²) in [5.74, 6) is -0.373. The molecule has 0 unspecified atom stereocenters. The smallest absolute Gasteiger partial charge is 0.243 e. The third kappa shape index (κ3) is 4.27. The maximum absolute atomic E-state index is 13.4. The highest BCUT2D eigenvalue weighted by atomic mass is 35.5. The average Bonchev–Trinajstić information content (AvgIpc) is 3.37. The highest BCUT2D eigenvalue weighted by Crippen LogP contribution is 2.35. The minimum Gasteiger partial charge on any atom is -0.351 e. The summed E-state index contributed by atoms with van der Waals surface area (Å²) in [4.78, 5) is 26.6. The van der Waals surface area contributed by atoms with Crippen molar-refractivity contribution in [2.24, 2.45) is 0 Å². The van der Waals surface area contributed by atoms with Crippen molar-refractivity contribution in [1.82, 2.24) is 9.62 Å². The molecular weight excluding hydrogens is 450 g/mol. The third-order valence-corrected chi connectivity index (χ3v) is 8.25. The number of amides is 2. The molecule has 2 aromatic rings. The van der Waals surface area contributed by atoms with Crippen molar-refractivity contribution in [3.8, 4) is 0 Å². The number of hydrogen-bond acceptors (Lipinski definition) is 4. The van der Waals surface area contributed by atoms with Crippen molar-refractivity contribution >= 4 is 39.1 Å². The third-order valence-electron chi connectivity index (χ3n) is 6.10. The molecule has 2 aliphatic rings. The van der Waals surface area contributed by atoms with Crippen molar-refractivity contribution in [1.29, 1.82) is 0 Å². The molecule has 0 radical (unpaired) electrons. The molecule has 0 spiro atoms. The second-order valence-corrected chi connectivity index (χ2v) is 10.7. The standard InChI is InChI=1S/C23H26ClN3O4S/c1-15-12-18-13-20(9-10-21(18)27(15)16(2)28)32(30,31)26-11-3-4-22(26)23(29)25-14-17-5-7-19(24)8-6-17/h5-10,13,15,22H,3-4,11-12,14H2,1-2H3,(H,25,29)/t15-,22+/m0/s1. The Morgan fingerprint density at radius 3 is 2.56 bits per heavy atom. The van der Waals surface area contributed by atoms with E-state index in [1.807, 2.05) is 19.1 Å². The molecule has 170 valence electrons. The lowest BCUT2D eigenvalue weighted by Crippen LogP contribution is -2.45. The molecule has 1 saturated heterocycles. The zero-order chi connectivity index (χ0) is 23.0. The van der Waals surface area contributed by atoms with Crippen LogP contribution >= 0.6 is 11.6 Å². The number of carbonyl (C=O) groups is 2. The Bertz CT molecular complexity index is 1150. The van der Waals surface area contributed by atoms with Crippen molar-refractivity contribution in [2.75, 3.05) is 11.4 Å². The van der Waals surface area contributed by atoms with Gasteiger partial charge in [0.2, 0.25) is 21.8 Å². The summed E-state index contributed by atoms with van der Waals surface area (Å²) in [5.41, 5.74) is 2.47. The van der Waals surface area contributed by atoms with Gasteiger partial charge < -0.3 is 10.2 Å². The topological polar surface area (TPSA) is 86.8 Å². The number of halogens is 1. The number of benzene rings is 2. The Labute approximate surface area is 193 Å². The van der Waals surface area contributed by atoms with E-state index in [9.17, 15) is 18.0 Å². The molecule has 1 N–H and O–H groups in total. The number of fused-ring (bicyclic) bond motifs is 1. The Balaban J connectivity index is 1.52. The van der Waals surface area contributed by atoms with Gasteiger partial charge in [0.25, 0.3) is 0 Å². The Hall–Kier alpha value is -2.42. The van der Waals surface area contributed by atoms with Gasteiger partial charge in [0.15, 0.2) is 0 Å². The monoisotopic (exact) mass is 475 g/mol. The van der Waals surface area contributed by atoms with Crippen LogP contribution in [0.4, 0.5) is 5.69 Å². The summed E-state index contributed by atoms with van der Waals surface area (Å²) >= 11 is 5.89. The average molecular weight is 476 g/mol. The first-order chi connectivity index (χ1) is 15.2. The van der Waals surface area contributed by atoms with E-state index in [2.05, 4.69) is 5.32 Å². The normalized spacial score (nSPS) is 20.9. The summed E-state index contributed by atoms with van der Waals surface area (Å²) in [7, 11) is -3.85. The molecule has 2 heterocycles. The number of carbonyl (C=O) groups excluding carboxylic acids is 2. The number of rotatable bonds is 5. The van der Waals surface area contributed by atoms with Gasteiger partial charge in [0.05, 0.1) is 4.90 Å². The molecule has 0 aromatic heterocycles. The van der Waals surface area contributed by atoms with Gasteiger partial charge in [0.1, 0.15) is 6.04 Å². The highest BCUT2D eigenvalue weighted by Gasteiger charge is 2.40. The number of hydrogen-bond donors (Lipinski definition) is 1. The van der Waals surface area contributed by atoms with E-state index in [0.717, 1.165) is 16.8 Å². The summed E-state index contributed by atoms with van der Waals surface area (Å²) in [6.45, 7) is 4.05. The highest BCUT2D eigenvalue weighted by molar-refractivity contribution is 7.89. The van der Waals surface area contributed by atoms with Crippen LogP contribution in [0.25, 0.3) is 0 Å². The first-order valence-electron chi connectivity index (χ1n) is 10.6. The largest absolute Gasteiger partial charge is 0.351 e. The summed E-state index contributed by atoms with van der Waals surface area (Å²) in [6, 6.07) is 11.2. The van der Waals surface area contributed by atoms with Gasteiger partial charge in [-0.05, 0) is 67.6 Å². The molecule has 0 bridgehead atoms. The van der Waals surface area contributed by atoms with E-state index in [0.29, 0.717) is 37.4 Å². The summed E-state index contributed by atoms with van der Waals surface area (Å²) in [5, 5.41) is 3.46. The molecular formula is C23H26ClN3O4S. The fourth-order valence-electron chi connectivity index (χ4n) is 4.58. The molecule has 2 aromatic carbocycles. The molecule has 1 fully saturated rings. The number of nitrogens with one attached hydrogen (secondary N) is 1. The molecule has 2 atom stereocenters. The lowest BCUT2D eigenvalue weighted by atomic mass is 10.1. The van der Waals surface area contributed by atoms with E-state index < -0.39 is 16.1 Å². The van der Waals surface area contributed by atoms with Gasteiger partial charge in [-0.15, -0.1) is 0 Å². The SMILES string of the molecule is CC(=O)N1c2ccc(S(=O)(=O)N3CCC[C@@H]3C(=O)NCc3ccc(Cl)cc3)cc2C[C@@H]1C. The van der Waals surface area contributed by atoms with Gasteiger partial charge in [-0.1, -0.05) is 23.7 Å². The van der Waals surface area contributed by atoms with Crippen molar-refractivity contribution in [2.45, 2.75) is 56.6 Å². The molecule has 7 nitrogen and oxygen atoms in total. The fourth-order valence-corrected chi connectivity index (χ4v) is 6.42.